The van der Waals surface area contributed by atoms with Crippen LogP contribution in [0.3, 0.4) is 0 Å². The molecule has 126 valence electrons. The summed E-state index contributed by atoms with van der Waals surface area (Å²) in [6.45, 7) is 5.65. The van der Waals surface area contributed by atoms with Gasteiger partial charge < -0.3 is 15.0 Å². The summed E-state index contributed by atoms with van der Waals surface area (Å²) in [6, 6.07) is 6.82. The molecule has 0 saturated carbocycles. The number of carbonyl (C=O) groups is 2. The summed E-state index contributed by atoms with van der Waals surface area (Å²) in [4.78, 5) is 25.5. The van der Waals surface area contributed by atoms with Crippen molar-refractivity contribution in [1.82, 2.24) is 0 Å². The second-order valence-electron chi connectivity index (χ2n) is 5.92. The lowest BCUT2D eigenvalue weighted by Crippen LogP contribution is -3.18. The average Bonchev–Trinajstić information content (AvgIpc) is 2.56. The van der Waals surface area contributed by atoms with Crippen molar-refractivity contribution in [3.63, 3.8) is 0 Å². The van der Waals surface area contributed by atoms with Gasteiger partial charge >= 0.3 is 5.97 Å². The first-order valence-corrected chi connectivity index (χ1v) is 8.46. The minimum Gasteiger partial charge on any atom is -0.466 e. The summed E-state index contributed by atoms with van der Waals surface area (Å²) in [7, 11) is 0. The van der Waals surface area contributed by atoms with Crippen LogP contribution in [0, 0.1) is 5.92 Å². The molecule has 0 aromatic heterocycles. The first kappa shape index (κ1) is 17.8. The van der Waals surface area contributed by atoms with Gasteiger partial charge in [-0.15, -0.1) is 0 Å². The Kier molecular flexibility index (Phi) is 6.42. The average molecular weight is 340 g/mol. The van der Waals surface area contributed by atoms with Crippen LogP contribution in [0.25, 0.3) is 0 Å². The van der Waals surface area contributed by atoms with Crippen LogP contribution in [0.4, 0.5) is 5.69 Å². The Labute approximate surface area is 141 Å². The molecule has 1 saturated heterocycles. The van der Waals surface area contributed by atoms with E-state index in [9.17, 15) is 9.59 Å². The second kappa shape index (κ2) is 8.31. The third-order valence-electron chi connectivity index (χ3n) is 4.30. The highest BCUT2D eigenvalue weighted by molar-refractivity contribution is 6.30. The number of benzene rings is 1. The van der Waals surface area contributed by atoms with Gasteiger partial charge in [-0.2, -0.15) is 0 Å². The van der Waals surface area contributed by atoms with Crippen LogP contribution in [-0.2, 0) is 14.3 Å². The molecule has 0 aliphatic carbocycles. The molecular formula is C17H24ClN2O3+. The Balaban J connectivity index is 1.93. The molecule has 5 nitrogen and oxygen atoms in total. The Morgan fingerprint density at radius 3 is 2.74 bits per heavy atom. The summed E-state index contributed by atoms with van der Waals surface area (Å²) in [6.07, 6.45) is 1.77. The van der Waals surface area contributed by atoms with Crippen molar-refractivity contribution in [1.29, 1.82) is 0 Å². The van der Waals surface area contributed by atoms with Crippen LogP contribution in [0.5, 0.6) is 0 Å². The smallest absolute Gasteiger partial charge is 0.314 e. The standard InChI is InChI=1S/C17H23ClN2O3/c1-3-23-17(22)13-5-4-10-20(11-13)12(2)16(21)19-15-8-6-14(18)7-9-15/h6-9,12-13H,3-5,10-11H2,1-2H3,(H,19,21)/p+1/t12-,13-/m0/s1. The maximum absolute atomic E-state index is 12.4. The Bertz CT molecular complexity index is 547. The lowest BCUT2D eigenvalue weighted by molar-refractivity contribution is -0.921. The summed E-state index contributed by atoms with van der Waals surface area (Å²) in [5, 5.41) is 3.54. The van der Waals surface area contributed by atoms with Crippen LogP contribution < -0.4 is 10.2 Å². The number of hydrogen-bond acceptors (Lipinski definition) is 3. The molecule has 0 bridgehead atoms. The molecule has 0 radical (unpaired) electrons. The van der Waals surface area contributed by atoms with Crippen molar-refractivity contribution in [2.24, 2.45) is 5.92 Å². The van der Waals surface area contributed by atoms with Crippen LogP contribution >= 0.6 is 11.6 Å². The van der Waals surface area contributed by atoms with Crippen molar-refractivity contribution >= 4 is 29.2 Å². The maximum atomic E-state index is 12.4. The topological polar surface area (TPSA) is 59.8 Å². The number of halogens is 1. The maximum Gasteiger partial charge on any atom is 0.314 e. The molecule has 1 heterocycles. The zero-order valence-corrected chi connectivity index (χ0v) is 14.4. The molecule has 1 fully saturated rings. The monoisotopic (exact) mass is 339 g/mol. The van der Waals surface area contributed by atoms with E-state index in [1.807, 2.05) is 13.8 Å². The molecule has 1 aromatic rings. The van der Waals surface area contributed by atoms with Gasteiger partial charge in [-0.3, -0.25) is 9.59 Å². The van der Waals surface area contributed by atoms with E-state index in [1.54, 1.807) is 24.3 Å². The van der Waals surface area contributed by atoms with Crippen molar-refractivity contribution < 1.29 is 19.2 Å². The van der Waals surface area contributed by atoms with Gasteiger partial charge in [0.2, 0.25) is 0 Å². The first-order valence-electron chi connectivity index (χ1n) is 8.09. The van der Waals surface area contributed by atoms with Gasteiger partial charge in [0.05, 0.1) is 19.7 Å². The van der Waals surface area contributed by atoms with E-state index >= 15 is 0 Å². The Hall–Kier alpha value is -1.59. The number of esters is 1. The number of amides is 1. The van der Waals surface area contributed by atoms with E-state index in [1.165, 1.54) is 0 Å². The summed E-state index contributed by atoms with van der Waals surface area (Å²) >= 11 is 5.84. The van der Waals surface area contributed by atoms with E-state index in [0.717, 1.165) is 30.0 Å². The van der Waals surface area contributed by atoms with Crippen molar-refractivity contribution in [2.75, 3.05) is 25.0 Å². The van der Waals surface area contributed by atoms with E-state index < -0.39 is 0 Å². The number of piperidine rings is 1. The lowest BCUT2D eigenvalue weighted by atomic mass is 9.97. The molecule has 1 aliphatic rings. The number of quaternary nitrogens is 1. The number of carbonyl (C=O) groups excluding carboxylic acids is 2. The van der Waals surface area contributed by atoms with Gasteiger partial charge in [0.15, 0.2) is 6.04 Å². The molecular weight excluding hydrogens is 316 g/mol. The Morgan fingerprint density at radius 1 is 1.39 bits per heavy atom. The summed E-state index contributed by atoms with van der Waals surface area (Å²) in [5.74, 6) is -0.300. The predicted molar refractivity (Wildman–Crippen MR) is 89.6 cm³/mol. The SMILES string of the molecule is CCOC(=O)[C@H]1CCC[NH+]([C@@H](C)C(=O)Nc2ccc(Cl)cc2)C1. The third-order valence-corrected chi connectivity index (χ3v) is 4.55. The van der Waals surface area contributed by atoms with Crippen LogP contribution in [-0.4, -0.2) is 37.6 Å². The van der Waals surface area contributed by atoms with Gasteiger partial charge in [0.1, 0.15) is 5.92 Å². The molecule has 1 aliphatic heterocycles. The number of nitrogens with one attached hydrogen (secondary N) is 2. The van der Waals surface area contributed by atoms with Crippen LogP contribution in [0.15, 0.2) is 24.3 Å². The van der Waals surface area contributed by atoms with E-state index in [2.05, 4.69) is 5.32 Å². The highest BCUT2D eigenvalue weighted by atomic mass is 35.5. The molecule has 1 unspecified atom stereocenters. The molecule has 3 atom stereocenters. The molecule has 23 heavy (non-hydrogen) atoms. The molecule has 2 N–H and O–H groups in total. The van der Waals surface area contributed by atoms with E-state index in [4.69, 9.17) is 16.3 Å². The molecule has 0 spiro atoms. The minimum absolute atomic E-state index is 0.0492. The molecule has 1 aromatic carbocycles. The predicted octanol–water partition coefficient (Wildman–Crippen LogP) is 1.52. The molecule has 1 amide bonds. The third kappa shape index (κ3) is 4.94. The van der Waals surface area contributed by atoms with Gasteiger partial charge in [-0.25, -0.2) is 0 Å². The number of likely N-dealkylation sites (tertiary alicyclic amines) is 1. The van der Waals surface area contributed by atoms with Crippen molar-refractivity contribution in [3.8, 4) is 0 Å². The van der Waals surface area contributed by atoms with E-state index in [0.29, 0.717) is 18.2 Å². The van der Waals surface area contributed by atoms with Crippen molar-refractivity contribution in [3.05, 3.63) is 29.3 Å². The number of ether oxygens (including phenoxy) is 1. The number of rotatable bonds is 5. The van der Waals surface area contributed by atoms with E-state index in [-0.39, 0.29) is 23.8 Å². The fraction of sp³-hybridized carbons (Fsp3) is 0.529. The normalized spacial score (nSPS) is 22.2. The molecule has 2 rings (SSSR count). The minimum atomic E-state index is -0.220. The number of anilines is 1. The zero-order valence-electron chi connectivity index (χ0n) is 13.6. The second-order valence-corrected chi connectivity index (χ2v) is 6.36. The first-order chi connectivity index (χ1) is 11.0. The van der Waals surface area contributed by atoms with Crippen LogP contribution in [0.1, 0.15) is 26.7 Å². The van der Waals surface area contributed by atoms with Crippen LogP contribution in [0.2, 0.25) is 5.02 Å². The van der Waals surface area contributed by atoms with Gasteiger partial charge in [0.25, 0.3) is 5.91 Å². The fourth-order valence-electron chi connectivity index (χ4n) is 2.92. The quantitative estimate of drug-likeness (QED) is 0.800. The Morgan fingerprint density at radius 2 is 2.09 bits per heavy atom. The summed E-state index contributed by atoms with van der Waals surface area (Å²) in [5.41, 5.74) is 0.726. The molecule has 6 heteroatoms. The van der Waals surface area contributed by atoms with Gasteiger partial charge in [-0.05, 0) is 51.0 Å². The summed E-state index contributed by atoms with van der Waals surface area (Å²) < 4.78 is 5.11. The fourth-order valence-corrected chi connectivity index (χ4v) is 3.05. The zero-order chi connectivity index (χ0) is 16.8. The highest BCUT2D eigenvalue weighted by Gasteiger charge is 2.34. The lowest BCUT2D eigenvalue weighted by Gasteiger charge is -2.32. The van der Waals surface area contributed by atoms with Gasteiger partial charge in [-0.1, -0.05) is 11.6 Å². The highest BCUT2D eigenvalue weighted by Crippen LogP contribution is 2.14. The van der Waals surface area contributed by atoms with Crippen molar-refractivity contribution in [2.45, 2.75) is 32.7 Å². The van der Waals surface area contributed by atoms with Gasteiger partial charge in [0, 0.05) is 10.7 Å². The number of hydrogen-bond donors (Lipinski definition) is 2. The largest absolute Gasteiger partial charge is 0.466 e.